The molecule has 1 heterocycles. The van der Waals surface area contributed by atoms with E-state index in [1.807, 2.05) is 4.68 Å². The summed E-state index contributed by atoms with van der Waals surface area (Å²) in [6.45, 7) is 6.85. The quantitative estimate of drug-likeness (QED) is 0.840. The second-order valence-electron chi connectivity index (χ2n) is 5.70. The van der Waals surface area contributed by atoms with Gasteiger partial charge in [-0.25, -0.2) is 0 Å². The predicted octanol–water partition coefficient (Wildman–Crippen LogP) is 3.27. The van der Waals surface area contributed by atoms with Crippen LogP contribution in [0.1, 0.15) is 44.8 Å². The number of aromatic nitrogens is 2. The molecule has 0 spiro atoms. The van der Waals surface area contributed by atoms with Gasteiger partial charge < -0.3 is 10.1 Å². The zero-order valence-electron chi connectivity index (χ0n) is 12.7. The Hall–Kier alpha value is -0.580. The predicted molar refractivity (Wildman–Crippen MR) is 82.0 cm³/mol. The molecule has 1 fully saturated rings. The first kappa shape index (κ1) is 15.8. The van der Waals surface area contributed by atoms with Gasteiger partial charge in [-0.15, -0.1) is 0 Å². The van der Waals surface area contributed by atoms with E-state index in [0.29, 0.717) is 18.6 Å². The van der Waals surface area contributed by atoms with Crippen molar-refractivity contribution in [2.24, 2.45) is 11.8 Å². The topological polar surface area (TPSA) is 39.1 Å². The molecule has 1 aromatic rings. The molecule has 0 saturated heterocycles. The largest absolute Gasteiger partial charge is 0.383 e. The van der Waals surface area contributed by atoms with E-state index in [2.05, 4.69) is 24.3 Å². The van der Waals surface area contributed by atoms with E-state index in [4.69, 9.17) is 16.3 Å². The van der Waals surface area contributed by atoms with Crippen LogP contribution in [0.3, 0.4) is 0 Å². The fourth-order valence-electron chi connectivity index (χ4n) is 3.38. The molecule has 114 valence electrons. The lowest BCUT2D eigenvalue weighted by atomic mass is 9.88. The Morgan fingerprint density at radius 3 is 2.95 bits per heavy atom. The van der Waals surface area contributed by atoms with E-state index >= 15 is 0 Å². The number of ether oxygens (including phenoxy) is 1. The van der Waals surface area contributed by atoms with E-state index < -0.39 is 0 Å². The molecule has 0 aromatic carbocycles. The highest BCUT2D eigenvalue weighted by atomic mass is 35.5. The van der Waals surface area contributed by atoms with Crippen molar-refractivity contribution in [3.8, 4) is 0 Å². The average molecular weight is 300 g/mol. The van der Waals surface area contributed by atoms with Crippen molar-refractivity contribution in [1.29, 1.82) is 0 Å². The lowest BCUT2D eigenvalue weighted by molar-refractivity contribution is 0.179. The van der Waals surface area contributed by atoms with Crippen molar-refractivity contribution in [1.82, 2.24) is 15.1 Å². The number of hydrogen-bond donors (Lipinski definition) is 1. The van der Waals surface area contributed by atoms with Crippen LogP contribution in [-0.4, -0.2) is 30.0 Å². The Balaban J connectivity index is 2.26. The molecule has 0 radical (unpaired) electrons. The second-order valence-corrected chi connectivity index (χ2v) is 6.11. The SMILES string of the molecule is CCNC(c1c(Cl)cnn1CCOC)C1CCCC1C. The van der Waals surface area contributed by atoms with E-state index in [1.54, 1.807) is 13.3 Å². The molecule has 1 aliphatic rings. The van der Waals surface area contributed by atoms with Crippen molar-refractivity contribution in [3.05, 3.63) is 16.9 Å². The number of rotatable bonds is 7. The summed E-state index contributed by atoms with van der Waals surface area (Å²) in [5.74, 6) is 1.38. The summed E-state index contributed by atoms with van der Waals surface area (Å²) >= 11 is 6.42. The standard InChI is InChI=1S/C15H26ClN3O/c1-4-17-14(12-7-5-6-11(12)2)15-13(16)10-18-19(15)8-9-20-3/h10-12,14,17H,4-9H2,1-3H3. The van der Waals surface area contributed by atoms with Gasteiger partial charge >= 0.3 is 0 Å². The molecule has 20 heavy (non-hydrogen) atoms. The summed E-state index contributed by atoms with van der Waals surface area (Å²) in [4.78, 5) is 0. The van der Waals surface area contributed by atoms with Gasteiger partial charge in [0, 0.05) is 7.11 Å². The Morgan fingerprint density at radius 1 is 1.55 bits per heavy atom. The molecule has 3 atom stereocenters. The van der Waals surface area contributed by atoms with Crippen LogP contribution in [0.2, 0.25) is 5.02 Å². The van der Waals surface area contributed by atoms with E-state index in [0.717, 1.165) is 29.7 Å². The van der Waals surface area contributed by atoms with Gasteiger partial charge in [0.2, 0.25) is 0 Å². The molecule has 1 N–H and O–H groups in total. The first-order chi connectivity index (χ1) is 9.69. The summed E-state index contributed by atoms with van der Waals surface area (Å²) in [5, 5.41) is 8.82. The van der Waals surface area contributed by atoms with Crippen LogP contribution in [0, 0.1) is 11.8 Å². The fraction of sp³-hybridized carbons (Fsp3) is 0.800. The van der Waals surface area contributed by atoms with Gasteiger partial charge in [-0.1, -0.05) is 38.3 Å². The molecule has 0 bridgehead atoms. The first-order valence-electron chi connectivity index (χ1n) is 7.62. The molecular weight excluding hydrogens is 274 g/mol. The highest BCUT2D eigenvalue weighted by Gasteiger charge is 2.34. The van der Waals surface area contributed by atoms with Crippen LogP contribution in [0.5, 0.6) is 0 Å². The van der Waals surface area contributed by atoms with E-state index in [9.17, 15) is 0 Å². The van der Waals surface area contributed by atoms with Crippen molar-refractivity contribution in [2.45, 2.75) is 45.7 Å². The molecule has 5 heteroatoms. The van der Waals surface area contributed by atoms with Gasteiger partial charge in [-0.2, -0.15) is 5.10 Å². The summed E-state index contributed by atoms with van der Waals surface area (Å²) in [6, 6.07) is 0.296. The van der Waals surface area contributed by atoms with Crippen LogP contribution < -0.4 is 5.32 Å². The Morgan fingerprint density at radius 2 is 2.35 bits per heavy atom. The van der Waals surface area contributed by atoms with E-state index in [1.165, 1.54) is 19.3 Å². The van der Waals surface area contributed by atoms with Gasteiger partial charge in [0.25, 0.3) is 0 Å². The monoisotopic (exact) mass is 299 g/mol. The molecule has 2 rings (SSSR count). The maximum absolute atomic E-state index is 6.42. The Kier molecular flexibility index (Phi) is 5.87. The summed E-state index contributed by atoms with van der Waals surface area (Å²) in [6.07, 6.45) is 5.66. The fourth-order valence-corrected chi connectivity index (χ4v) is 3.64. The third-order valence-electron chi connectivity index (χ3n) is 4.42. The third-order valence-corrected chi connectivity index (χ3v) is 4.71. The minimum atomic E-state index is 0.296. The van der Waals surface area contributed by atoms with Crippen LogP contribution in [0.15, 0.2) is 6.20 Å². The molecular formula is C15H26ClN3O. The molecule has 3 unspecified atom stereocenters. The smallest absolute Gasteiger partial charge is 0.0834 e. The molecule has 1 aromatic heterocycles. The molecule has 1 saturated carbocycles. The Bertz CT molecular complexity index is 421. The maximum atomic E-state index is 6.42. The highest BCUT2D eigenvalue weighted by Crippen LogP contribution is 2.41. The van der Waals surface area contributed by atoms with Crippen molar-refractivity contribution < 1.29 is 4.74 Å². The summed E-state index contributed by atoms with van der Waals surface area (Å²) < 4.78 is 7.18. The molecule has 0 amide bonds. The maximum Gasteiger partial charge on any atom is 0.0834 e. The van der Waals surface area contributed by atoms with Crippen molar-refractivity contribution >= 4 is 11.6 Å². The lowest BCUT2D eigenvalue weighted by Gasteiger charge is -2.28. The van der Waals surface area contributed by atoms with Crippen LogP contribution in [0.4, 0.5) is 0 Å². The number of hydrogen-bond acceptors (Lipinski definition) is 3. The van der Waals surface area contributed by atoms with Crippen molar-refractivity contribution in [2.75, 3.05) is 20.3 Å². The van der Waals surface area contributed by atoms with E-state index in [-0.39, 0.29) is 0 Å². The third kappa shape index (κ3) is 3.35. The van der Waals surface area contributed by atoms with Gasteiger partial charge in [0.05, 0.1) is 36.1 Å². The number of halogens is 1. The molecule has 0 aliphatic heterocycles. The van der Waals surface area contributed by atoms with Gasteiger partial charge in [0.15, 0.2) is 0 Å². The normalized spacial score (nSPS) is 24.2. The van der Waals surface area contributed by atoms with Crippen LogP contribution >= 0.6 is 11.6 Å². The molecule has 4 nitrogen and oxygen atoms in total. The highest BCUT2D eigenvalue weighted by molar-refractivity contribution is 6.31. The van der Waals surface area contributed by atoms with Gasteiger partial charge in [0.1, 0.15) is 0 Å². The lowest BCUT2D eigenvalue weighted by Crippen LogP contribution is -2.32. The second kappa shape index (κ2) is 7.43. The number of nitrogens with zero attached hydrogens (tertiary/aromatic N) is 2. The van der Waals surface area contributed by atoms with Crippen LogP contribution in [-0.2, 0) is 11.3 Å². The zero-order chi connectivity index (χ0) is 14.5. The minimum Gasteiger partial charge on any atom is -0.383 e. The van der Waals surface area contributed by atoms with Crippen molar-refractivity contribution in [3.63, 3.8) is 0 Å². The summed E-state index contributed by atoms with van der Waals surface area (Å²) in [7, 11) is 1.71. The first-order valence-corrected chi connectivity index (χ1v) is 8.00. The summed E-state index contributed by atoms with van der Waals surface area (Å²) in [5.41, 5.74) is 1.13. The minimum absolute atomic E-state index is 0.296. The van der Waals surface area contributed by atoms with Gasteiger partial charge in [-0.3, -0.25) is 4.68 Å². The number of nitrogens with one attached hydrogen (secondary N) is 1. The molecule has 1 aliphatic carbocycles. The number of methoxy groups -OCH3 is 1. The van der Waals surface area contributed by atoms with Crippen LogP contribution in [0.25, 0.3) is 0 Å². The zero-order valence-corrected chi connectivity index (χ0v) is 13.5. The van der Waals surface area contributed by atoms with Gasteiger partial charge in [-0.05, 0) is 24.8 Å². The Labute approximate surface area is 126 Å². The average Bonchev–Trinajstić information content (AvgIpc) is 3.01.